The maximum atomic E-state index is 14.7. The van der Waals surface area contributed by atoms with Gasteiger partial charge in [0.25, 0.3) is 0 Å². The van der Waals surface area contributed by atoms with Crippen molar-refractivity contribution in [1.29, 1.82) is 0 Å². The van der Waals surface area contributed by atoms with Gasteiger partial charge in [0, 0.05) is 54.9 Å². The van der Waals surface area contributed by atoms with Crippen LogP contribution in [0.25, 0.3) is 22.0 Å². The molecule has 0 saturated carbocycles. The van der Waals surface area contributed by atoms with Gasteiger partial charge in [-0.05, 0) is 29.8 Å². The standard InChI is InChI=1S/C27H26F4N4O4S/c1-3-21(36)33-8-10-34(11-9-33)25-19-12-20(27(29,30)31)22(16-4-6-17(28)7-5-16)24-23(19)35(26(37)32-25)13-18(14-40-24)39-15-38-2/h3-7,12,18H,1,8-11,13-15H2,2H3. The van der Waals surface area contributed by atoms with Crippen LogP contribution in [-0.2, 0) is 27.0 Å². The summed E-state index contributed by atoms with van der Waals surface area (Å²) in [6.07, 6.45) is -4.10. The van der Waals surface area contributed by atoms with Gasteiger partial charge in [0.05, 0.1) is 23.7 Å². The Hall–Kier alpha value is -3.42. The zero-order valence-electron chi connectivity index (χ0n) is 21.5. The molecule has 0 radical (unpaired) electrons. The van der Waals surface area contributed by atoms with Crippen molar-refractivity contribution in [1.82, 2.24) is 14.5 Å². The quantitative estimate of drug-likeness (QED) is 0.247. The highest BCUT2D eigenvalue weighted by atomic mass is 32.2. The van der Waals surface area contributed by atoms with E-state index in [2.05, 4.69) is 11.6 Å². The van der Waals surface area contributed by atoms with Crippen molar-refractivity contribution >= 4 is 34.4 Å². The number of anilines is 1. The number of halogens is 4. The van der Waals surface area contributed by atoms with Crippen LogP contribution in [0.2, 0.25) is 0 Å². The first kappa shape index (κ1) is 28.1. The highest BCUT2D eigenvalue weighted by molar-refractivity contribution is 7.99. The van der Waals surface area contributed by atoms with Gasteiger partial charge in [0.2, 0.25) is 5.91 Å². The molecule has 0 bridgehead atoms. The molecule has 13 heteroatoms. The molecule has 1 aromatic heterocycles. The van der Waals surface area contributed by atoms with E-state index in [1.807, 2.05) is 0 Å². The molecule has 1 fully saturated rings. The van der Waals surface area contributed by atoms with Crippen molar-refractivity contribution in [2.75, 3.05) is 50.7 Å². The van der Waals surface area contributed by atoms with Crippen LogP contribution in [0.15, 0.2) is 52.7 Å². The lowest BCUT2D eigenvalue weighted by molar-refractivity contribution is -0.137. The van der Waals surface area contributed by atoms with Crippen molar-refractivity contribution in [2.24, 2.45) is 0 Å². The molecule has 2 aromatic carbocycles. The molecular weight excluding hydrogens is 552 g/mol. The fraction of sp³-hybridized carbons (Fsp3) is 0.370. The summed E-state index contributed by atoms with van der Waals surface area (Å²) in [6, 6.07) is 5.83. The van der Waals surface area contributed by atoms with E-state index in [4.69, 9.17) is 9.47 Å². The van der Waals surface area contributed by atoms with E-state index >= 15 is 0 Å². The summed E-state index contributed by atoms with van der Waals surface area (Å²) in [5.41, 5.74) is -1.21. The first-order valence-electron chi connectivity index (χ1n) is 12.5. The number of amides is 1. The van der Waals surface area contributed by atoms with Crippen LogP contribution in [0.1, 0.15) is 5.56 Å². The summed E-state index contributed by atoms with van der Waals surface area (Å²) in [7, 11) is 1.45. The van der Waals surface area contributed by atoms with Crippen LogP contribution in [0.5, 0.6) is 0 Å². The SMILES string of the molecule is C=CC(=O)N1CCN(c2nc(=O)n3c4c(c(-c5ccc(F)cc5)c(C(F)(F)F)cc24)SCC(OCOC)C3)CC1. The Balaban J connectivity index is 1.76. The molecule has 0 N–H and O–H groups in total. The number of ether oxygens (including phenoxy) is 2. The van der Waals surface area contributed by atoms with Crippen LogP contribution >= 0.6 is 11.8 Å². The normalized spacial score (nSPS) is 17.7. The predicted octanol–water partition coefficient (Wildman–Crippen LogP) is 4.15. The molecule has 5 rings (SSSR count). The zero-order chi connectivity index (χ0) is 28.6. The van der Waals surface area contributed by atoms with E-state index in [0.29, 0.717) is 18.6 Å². The first-order chi connectivity index (χ1) is 19.1. The van der Waals surface area contributed by atoms with Gasteiger partial charge >= 0.3 is 11.9 Å². The van der Waals surface area contributed by atoms with Gasteiger partial charge in [-0.1, -0.05) is 18.7 Å². The maximum Gasteiger partial charge on any atom is 0.417 e. The minimum Gasteiger partial charge on any atom is -0.359 e. The Kier molecular flexibility index (Phi) is 7.89. The molecule has 8 nitrogen and oxygen atoms in total. The minimum atomic E-state index is -4.76. The molecule has 212 valence electrons. The number of alkyl halides is 3. The molecule has 3 aromatic rings. The molecular formula is C27H26F4N4O4S. The predicted molar refractivity (Wildman–Crippen MR) is 143 cm³/mol. The maximum absolute atomic E-state index is 14.7. The number of piperazine rings is 1. The second-order valence-corrected chi connectivity index (χ2v) is 10.4. The lowest BCUT2D eigenvalue weighted by Crippen LogP contribution is -2.49. The molecule has 2 aliphatic rings. The number of benzene rings is 2. The molecule has 2 aliphatic heterocycles. The van der Waals surface area contributed by atoms with Gasteiger partial charge in [-0.2, -0.15) is 18.2 Å². The molecule has 0 spiro atoms. The number of aromatic nitrogens is 2. The Labute approximate surface area is 231 Å². The number of rotatable bonds is 6. The van der Waals surface area contributed by atoms with E-state index in [1.54, 1.807) is 9.80 Å². The van der Waals surface area contributed by atoms with Crippen LogP contribution in [-0.4, -0.2) is 72.3 Å². The smallest absolute Gasteiger partial charge is 0.359 e. The number of carbonyl (C=O) groups excluding carboxylic acids is 1. The van der Waals surface area contributed by atoms with Crippen molar-refractivity contribution in [3.8, 4) is 11.1 Å². The Morgan fingerprint density at radius 1 is 1.20 bits per heavy atom. The summed E-state index contributed by atoms with van der Waals surface area (Å²) in [4.78, 5) is 33.3. The molecule has 0 aliphatic carbocycles. The van der Waals surface area contributed by atoms with E-state index in [9.17, 15) is 27.2 Å². The average molecular weight is 579 g/mol. The summed E-state index contributed by atoms with van der Waals surface area (Å²) in [5, 5.41) is 0.163. The topological polar surface area (TPSA) is 76.9 Å². The fourth-order valence-electron chi connectivity index (χ4n) is 5.04. The Morgan fingerprint density at radius 2 is 1.90 bits per heavy atom. The molecule has 1 amide bonds. The van der Waals surface area contributed by atoms with Crippen molar-refractivity contribution in [3.05, 3.63) is 64.9 Å². The largest absolute Gasteiger partial charge is 0.417 e. The summed E-state index contributed by atoms with van der Waals surface area (Å²) >= 11 is 1.14. The van der Waals surface area contributed by atoms with Crippen LogP contribution in [0, 0.1) is 5.82 Å². The van der Waals surface area contributed by atoms with E-state index in [1.165, 1.54) is 29.9 Å². The zero-order valence-corrected chi connectivity index (χ0v) is 22.4. The van der Waals surface area contributed by atoms with E-state index in [-0.39, 0.29) is 65.3 Å². The van der Waals surface area contributed by atoms with E-state index in [0.717, 1.165) is 30.0 Å². The number of hydrogen-bond acceptors (Lipinski definition) is 7. The van der Waals surface area contributed by atoms with Gasteiger partial charge in [-0.25, -0.2) is 9.18 Å². The fourth-order valence-corrected chi connectivity index (χ4v) is 6.32. The lowest BCUT2D eigenvalue weighted by atomic mass is 9.96. The third-order valence-electron chi connectivity index (χ3n) is 6.92. The van der Waals surface area contributed by atoms with Crippen LogP contribution in [0.4, 0.5) is 23.4 Å². The number of hydrogen-bond donors (Lipinski definition) is 0. The molecule has 1 saturated heterocycles. The molecule has 1 atom stereocenters. The van der Waals surface area contributed by atoms with Crippen molar-refractivity contribution in [2.45, 2.75) is 23.7 Å². The van der Waals surface area contributed by atoms with Gasteiger partial charge in [0.1, 0.15) is 18.4 Å². The lowest BCUT2D eigenvalue weighted by Gasteiger charge is -2.35. The molecule has 40 heavy (non-hydrogen) atoms. The molecule has 3 heterocycles. The second-order valence-electron chi connectivity index (χ2n) is 9.38. The average Bonchev–Trinajstić information content (AvgIpc) is 3.14. The van der Waals surface area contributed by atoms with Gasteiger partial charge in [-0.3, -0.25) is 9.36 Å². The Morgan fingerprint density at radius 3 is 2.52 bits per heavy atom. The van der Waals surface area contributed by atoms with Gasteiger partial charge in [-0.15, -0.1) is 11.8 Å². The minimum absolute atomic E-state index is 0.0574. The monoisotopic (exact) mass is 578 g/mol. The van der Waals surface area contributed by atoms with Gasteiger partial charge in [0.15, 0.2) is 0 Å². The second kappa shape index (κ2) is 11.2. The number of methoxy groups -OCH3 is 1. The number of carbonyl (C=O) groups is 1. The van der Waals surface area contributed by atoms with Crippen LogP contribution < -0.4 is 10.6 Å². The van der Waals surface area contributed by atoms with Crippen LogP contribution in [0.3, 0.4) is 0 Å². The third kappa shape index (κ3) is 5.32. The molecule has 1 unspecified atom stereocenters. The van der Waals surface area contributed by atoms with Gasteiger partial charge < -0.3 is 19.3 Å². The summed E-state index contributed by atoms with van der Waals surface area (Å²) < 4.78 is 69.8. The first-order valence-corrected chi connectivity index (χ1v) is 13.4. The summed E-state index contributed by atoms with van der Waals surface area (Å²) in [5.74, 6) is -0.464. The third-order valence-corrected chi connectivity index (χ3v) is 8.15. The highest BCUT2D eigenvalue weighted by Gasteiger charge is 2.38. The number of thioether (sulfide) groups is 1. The highest BCUT2D eigenvalue weighted by Crippen LogP contribution is 2.48. The number of nitrogens with zero attached hydrogens (tertiary/aromatic N) is 4. The Bertz CT molecular complexity index is 1500. The van der Waals surface area contributed by atoms with Crippen molar-refractivity contribution < 1.29 is 31.8 Å². The summed E-state index contributed by atoms with van der Waals surface area (Å²) in [6.45, 7) is 4.63. The van der Waals surface area contributed by atoms with Crippen molar-refractivity contribution in [3.63, 3.8) is 0 Å². The van der Waals surface area contributed by atoms with E-state index < -0.39 is 29.4 Å².